The van der Waals surface area contributed by atoms with Crippen LogP contribution in [0.3, 0.4) is 0 Å². The zero-order chi connectivity index (χ0) is 17.2. The van der Waals surface area contributed by atoms with Gasteiger partial charge in [-0.1, -0.05) is 42.3 Å². The van der Waals surface area contributed by atoms with Crippen molar-refractivity contribution in [2.45, 2.75) is 25.8 Å². The minimum absolute atomic E-state index is 0.184. The molecule has 2 aromatic carbocycles. The van der Waals surface area contributed by atoms with Crippen LogP contribution in [-0.2, 0) is 6.54 Å². The molecule has 4 heteroatoms. The molecule has 0 saturated carbocycles. The number of pyridine rings is 1. The standard InChI is InChI=1S/C21H20ClFN2/c22-19-8-9-24-21-13-16(5-7-18(19)21)17-6-4-15(12-20(17)23)14-25-10-2-1-3-11-25/h4-9,12-13H,1-3,10-11,14H2. The van der Waals surface area contributed by atoms with E-state index in [1.165, 1.54) is 19.3 Å². The molecule has 0 aliphatic carbocycles. The number of likely N-dealkylation sites (tertiary alicyclic amines) is 1. The third kappa shape index (κ3) is 3.53. The minimum Gasteiger partial charge on any atom is -0.299 e. The van der Waals surface area contributed by atoms with Crippen molar-refractivity contribution >= 4 is 22.5 Å². The molecular formula is C21H20ClFN2. The summed E-state index contributed by atoms with van der Waals surface area (Å²) in [7, 11) is 0. The van der Waals surface area contributed by atoms with E-state index in [1.807, 2.05) is 30.3 Å². The van der Waals surface area contributed by atoms with E-state index in [9.17, 15) is 4.39 Å². The number of fused-ring (bicyclic) bond motifs is 1. The van der Waals surface area contributed by atoms with E-state index < -0.39 is 0 Å². The smallest absolute Gasteiger partial charge is 0.131 e. The Bertz CT molecular complexity index is 904. The molecule has 128 valence electrons. The number of aromatic nitrogens is 1. The molecular weight excluding hydrogens is 335 g/mol. The van der Waals surface area contributed by atoms with Crippen LogP contribution in [0.5, 0.6) is 0 Å². The van der Waals surface area contributed by atoms with E-state index in [1.54, 1.807) is 18.3 Å². The van der Waals surface area contributed by atoms with Crippen LogP contribution in [-0.4, -0.2) is 23.0 Å². The normalized spacial score (nSPS) is 15.6. The second-order valence-electron chi connectivity index (χ2n) is 6.68. The highest BCUT2D eigenvalue weighted by molar-refractivity contribution is 6.35. The number of rotatable bonds is 3. The maximum absolute atomic E-state index is 14.7. The zero-order valence-corrected chi connectivity index (χ0v) is 14.8. The van der Waals surface area contributed by atoms with Crippen molar-refractivity contribution in [3.05, 3.63) is 65.1 Å². The molecule has 1 aliphatic heterocycles. The first kappa shape index (κ1) is 16.5. The fraction of sp³-hybridized carbons (Fsp3) is 0.286. The lowest BCUT2D eigenvalue weighted by molar-refractivity contribution is 0.220. The summed E-state index contributed by atoms with van der Waals surface area (Å²) >= 11 is 6.18. The van der Waals surface area contributed by atoms with Crippen LogP contribution in [0.1, 0.15) is 24.8 Å². The van der Waals surface area contributed by atoms with Gasteiger partial charge in [0.15, 0.2) is 0 Å². The maximum Gasteiger partial charge on any atom is 0.131 e. The molecule has 1 aromatic heterocycles. The largest absolute Gasteiger partial charge is 0.299 e. The number of halogens is 2. The first-order chi connectivity index (χ1) is 12.2. The van der Waals surface area contributed by atoms with Crippen LogP contribution in [0.15, 0.2) is 48.7 Å². The highest BCUT2D eigenvalue weighted by Gasteiger charge is 2.13. The van der Waals surface area contributed by atoms with Gasteiger partial charge in [0, 0.05) is 23.7 Å². The molecule has 3 aromatic rings. The molecule has 0 amide bonds. The Kier molecular flexibility index (Phi) is 4.69. The van der Waals surface area contributed by atoms with Crippen molar-refractivity contribution in [3.63, 3.8) is 0 Å². The summed E-state index contributed by atoms with van der Waals surface area (Å²) in [4.78, 5) is 6.74. The van der Waals surface area contributed by atoms with E-state index in [0.717, 1.165) is 41.7 Å². The van der Waals surface area contributed by atoms with Crippen molar-refractivity contribution in [1.29, 1.82) is 0 Å². The summed E-state index contributed by atoms with van der Waals surface area (Å²) in [5.41, 5.74) is 3.24. The van der Waals surface area contributed by atoms with Gasteiger partial charge in [-0.15, -0.1) is 0 Å². The molecule has 0 N–H and O–H groups in total. The Balaban J connectivity index is 1.62. The van der Waals surface area contributed by atoms with Crippen LogP contribution in [0, 0.1) is 5.82 Å². The van der Waals surface area contributed by atoms with E-state index in [0.29, 0.717) is 10.6 Å². The molecule has 1 fully saturated rings. The van der Waals surface area contributed by atoms with Gasteiger partial charge in [0.2, 0.25) is 0 Å². The Labute approximate surface area is 152 Å². The number of nitrogens with zero attached hydrogens (tertiary/aromatic N) is 2. The van der Waals surface area contributed by atoms with Crippen molar-refractivity contribution in [3.8, 4) is 11.1 Å². The summed E-state index contributed by atoms with van der Waals surface area (Å²) in [6, 6.07) is 13.0. The summed E-state index contributed by atoms with van der Waals surface area (Å²) in [5.74, 6) is -0.184. The molecule has 0 unspecified atom stereocenters. The average molecular weight is 355 g/mol. The summed E-state index contributed by atoms with van der Waals surface area (Å²) < 4.78 is 14.7. The fourth-order valence-corrected chi connectivity index (χ4v) is 3.76. The topological polar surface area (TPSA) is 16.1 Å². The monoisotopic (exact) mass is 354 g/mol. The maximum atomic E-state index is 14.7. The first-order valence-corrected chi connectivity index (χ1v) is 9.14. The predicted octanol–water partition coefficient (Wildman–Crippen LogP) is 5.68. The molecule has 1 aliphatic rings. The van der Waals surface area contributed by atoms with Gasteiger partial charge in [-0.25, -0.2) is 4.39 Å². The molecule has 0 spiro atoms. The van der Waals surface area contributed by atoms with Gasteiger partial charge in [0.1, 0.15) is 5.82 Å². The Hall–Kier alpha value is -1.97. The highest BCUT2D eigenvalue weighted by atomic mass is 35.5. The lowest BCUT2D eigenvalue weighted by Crippen LogP contribution is -2.29. The molecule has 2 nitrogen and oxygen atoms in total. The highest BCUT2D eigenvalue weighted by Crippen LogP contribution is 2.29. The third-order valence-electron chi connectivity index (χ3n) is 4.89. The average Bonchev–Trinajstić information content (AvgIpc) is 2.63. The van der Waals surface area contributed by atoms with Gasteiger partial charge in [-0.3, -0.25) is 9.88 Å². The number of benzene rings is 2. The van der Waals surface area contributed by atoms with E-state index in [4.69, 9.17) is 11.6 Å². The molecule has 4 rings (SSSR count). The van der Waals surface area contributed by atoms with Gasteiger partial charge in [0.25, 0.3) is 0 Å². The minimum atomic E-state index is -0.184. The number of hydrogen-bond donors (Lipinski definition) is 0. The molecule has 2 heterocycles. The van der Waals surface area contributed by atoms with Crippen LogP contribution in [0.25, 0.3) is 22.0 Å². The Morgan fingerprint density at radius 1 is 1.00 bits per heavy atom. The third-order valence-corrected chi connectivity index (χ3v) is 5.22. The summed E-state index contributed by atoms with van der Waals surface area (Å²) in [6.07, 6.45) is 5.47. The number of piperidine rings is 1. The lowest BCUT2D eigenvalue weighted by atomic mass is 10.0. The van der Waals surface area contributed by atoms with Gasteiger partial charge in [0.05, 0.1) is 10.5 Å². The Morgan fingerprint density at radius 2 is 1.84 bits per heavy atom. The predicted molar refractivity (Wildman–Crippen MR) is 101 cm³/mol. The molecule has 25 heavy (non-hydrogen) atoms. The Morgan fingerprint density at radius 3 is 2.64 bits per heavy atom. The van der Waals surface area contributed by atoms with Gasteiger partial charge in [-0.05, 0) is 55.3 Å². The van der Waals surface area contributed by atoms with Crippen molar-refractivity contribution in [1.82, 2.24) is 9.88 Å². The van der Waals surface area contributed by atoms with Crippen molar-refractivity contribution in [2.24, 2.45) is 0 Å². The lowest BCUT2D eigenvalue weighted by Gasteiger charge is -2.26. The first-order valence-electron chi connectivity index (χ1n) is 8.76. The molecule has 0 atom stereocenters. The van der Waals surface area contributed by atoms with Gasteiger partial charge < -0.3 is 0 Å². The van der Waals surface area contributed by atoms with Gasteiger partial charge >= 0.3 is 0 Å². The molecule has 1 saturated heterocycles. The van der Waals surface area contributed by atoms with Crippen molar-refractivity contribution < 1.29 is 4.39 Å². The SMILES string of the molecule is Fc1cc(CN2CCCCC2)ccc1-c1ccc2c(Cl)ccnc2c1. The molecule has 0 radical (unpaired) electrons. The van der Waals surface area contributed by atoms with E-state index in [-0.39, 0.29) is 5.82 Å². The quantitative estimate of drug-likeness (QED) is 0.601. The molecule has 0 bridgehead atoms. The summed E-state index contributed by atoms with van der Waals surface area (Å²) in [6.45, 7) is 3.05. The second-order valence-corrected chi connectivity index (χ2v) is 7.08. The van der Waals surface area contributed by atoms with Crippen LogP contribution in [0.2, 0.25) is 5.02 Å². The van der Waals surface area contributed by atoms with E-state index in [2.05, 4.69) is 9.88 Å². The van der Waals surface area contributed by atoms with Crippen LogP contribution < -0.4 is 0 Å². The zero-order valence-electron chi connectivity index (χ0n) is 14.0. The van der Waals surface area contributed by atoms with Crippen LogP contribution >= 0.6 is 11.6 Å². The van der Waals surface area contributed by atoms with Crippen LogP contribution in [0.4, 0.5) is 4.39 Å². The van der Waals surface area contributed by atoms with E-state index >= 15 is 0 Å². The van der Waals surface area contributed by atoms with Gasteiger partial charge in [-0.2, -0.15) is 0 Å². The second kappa shape index (κ2) is 7.11. The summed E-state index contributed by atoms with van der Waals surface area (Å²) in [5, 5.41) is 1.55. The fourth-order valence-electron chi connectivity index (χ4n) is 3.55. The number of hydrogen-bond acceptors (Lipinski definition) is 2. The van der Waals surface area contributed by atoms with Crippen molar-refractivity contribution in [2.75, 3.05) is 13.1 Å².